The number of halogens is 1. The molecule has 0 saturated carbocycles. The molecule has 0 amide bonds. The third-order valence-corrected chi connectivity index (χ3v) is 26.3. The molecule has 0 aromatic heterocycles. The molecular formula is C102H203ClN5O20P3. The number of rotatable bonds is 97. The molecule has 0 bridgehead atoms. The van der Waals surface area contributed by atoms with Gasteiger partial charge in [-0.1, -0.05) is 387 Å². The van der Waals surface area contributed by atoms with Crippen molar-refractivity contribution < 1.29 is 119 Å². The summed E-state index contributed by atoms with van der Waals surface area (Å²) in [5.74, 6) is -1.52. The average molecular weight is 1950 g/mol. The quantitative estimate of drug-likeness (QED) is 0.0179. The molecule has 0 heterocycles. The summed E-state index contributed by atoms with van der Waals surface area (Å²) in [7, 11) is 5.38. The van der Waals surface area contributed by atoms with E-state index in [1.165, 1.54) is 308 Å². The van der Waals surface area contributed by atoms with Gasteiger partial charge in [0.25, 0.3) is 0 Å². The van der Waals surface area contributed by atoms with Gasteiger partial charge in [-0.05, 0) is 25.7 Å². The summed E-state index contributed by atoms with van der Waals surface area (Å²) in [4.78, 5) is 71.2. The van der Waals surface area contributed by atoms with Gasteiger partial charge in [0.15, 0.2) is 12.2 Å². The van der Waals surface area contributed by atoms with Crippen molar-refractivity contribution in [2.75, 3.05) is 143 Å². The number of hydrogen-bond donors (Lipinski definition) is 0. The number of phosphoric ester groups is 3. The van der Waals surface area contributed by atoms with Crippen molar-refractivity contribution in [2.24, 2.45) is 0 Å². The highest BCUT2D eigenvalue weighted by Crippen LogP contribution is 2.51. The second-order valence-corrected chi connectivity index (χ2v) is 43.9. The Morgan fingerprint density at radius 2 is 0.443 bits per heavy atom. The standard InChI is InChI=1S/2C48H94N2O8P.C6H16NO4P.ClH/c2*1-6-8-10-12-14-16-18-20-22-24-26-28-30-32-34-38-47(51)54-44-46(45-57-59(53,55-42-36-40-49)56-43-37-41-50(3,4)5)58-48(52)39-35-33-31-29-27-25-23-21-19-17-15-13-11-9-7-2;1-7(2,3)5-4-6-11-12(8,9)10;/h2*46H,6-39,41-45H2,1-5H3;4-6H2,1-3H3,(H-,8,9,10);1H/q2*+1;;/p-2. The topological polar surface area (TPSA) is 315 Å². The van der Waals surface area contributed by atoms with E-state index in [-0.39, 0.29) is 109 Å². The first-order valence-electron chi connectivity index (χ1n) is 52.9. The van der Waals surface area contributed by atoms with Crippen LogP contribution in [-0.2, 0) is 83.5 Å². The van der Waals surface area contributed by atoms with Gasteiger partial charge in [0.2, 0.25) is 0 Å². The van der Waals surface area contributed by atoms with Crippen LogP contribution in [0.4, 0.5) is 0 Å². The number of quaternary nitrogens is 3. The molecule has 0 radical (unpaired) electrons. The molecule has 0 N–H and O–H groups in total. The van der Waals surface area contributed by atoms with Crippen molar-refractivity contribution in [1.82, 2.24) is 0 Å². The van der Waals surface area contributed by atoms with Crippen molar-refractivity contribution in [2.45, 2.75) is 483 Å². The molecule has 4 unspecified atom stereocenters. The summed E-state index contributed by atoms with van der Waals surface area (Å²) < 4.78 is 99.1. The molecule has 25 nitrogen and oxygen atoms in total. The number of carbonyl (C=O) groups excluding carboxylic acids is 4. The highest BCUT2D eigenvalue weighted by Gasteiger charge is 2.32. The molecule has 131 heavy (non-hydrogen) atoms. The molecule has 0 spiro atoms. The van der Waals surface area contributed by atoms with E-state index in [1.807, 2.05) is 33.3 Å². The minimum atomic E-state index is -4.75. The predicted molar refractivity (Wildman–Crippen MR) is 527 cm³/mol. The molecule has 0 aliphatic heterocycles. The minimum absolute atomic E-state index is 0. The number of unbranched alkanes of at least 4 members (excludes halogenated alkanes) is 56. The third kappa shape index (κ3) is 111. The van der Waals surface area contributed by atoms with Gasteiger partial charge in [-0.3, -0.25) is 46.3 Å². The van der Waals surface area contributed by atoms with Crippen LogP contribution in [0.5, 0.6) is 0 Å². The van der Waals surface area contributed by atoms with Crippen molar-refractivity contribution in [1.29, 1.82) is 10.5 Å². The second-order valence-electron chi connectivity index (χ2n) is 39.4. The van der Waals surface area contributed by atoms with Crippen molar-refractivity contribution in [3.63, 3.8) is 0 Å². The number of nitriles is 2. The first kappa shape index (κ1) is 135. The summed E-state index contributed by atoms with van der Waals surface area (Å²) in [6.45, 7) is 10.3. The minimum Gasteiger partial charge on any atom is -1.00 e. The summed E-state index contributed by atoms with van der Waals surface area (Å²) in [6.07, 6.45) is 75.9. The Morgan fingerprint density at radius 1 is 0.260 bits per heavy atom. The number of carbonyl (C=O) groups is 4. The molecule has 0 aliphatic rings. The molecule has 0 aromatic carbocycles. The van der Waals surface area contributed by atoms with Gasteiger partial charge in [-0.15, -0.1) is 0 Å². The maximum Gasteiger partial charge on any atom is 0.474 e. The van der Waals surface area contributed by atoms with Crippen LogP contribution in [0.1, 0.15) is 471 Å². The van der Waals surface area contributed by atoms with Crippen LogP contribution < -0.4 is 22.2 Å². The maximum atomic E-state index is 13.5. The number of esters is 4. The predicted octanol–water partition coefficient (Wildman–Crippen LogP) is 24.2. The van der Waals surface area contributed by atoms with Gasteiger partial charge >= 0.3 is 39.5 Å². The lowest BCUT2D eigenvalue weighted by atomic mass is 10.0. The van der Waals surface area contributed by atoms with Crippen LogP contribution in [0.15, 0.2) is 0 Å². The van der Waals surface area contributed by atoms with Gasteiger partial charge in [-0.25, -0.2) is 9.13 Å². The van der Waals surface area contributed by atoms with E-state index in [4.69, 9.17) is 56.6 Å². The van der Waals surface area contributed by atoms with Gasteiger partial charge in [0.1, 0.15) is 13.2 Å². The molecule has 4 atom stereocenters. The zero-order valence-electron chi connectivity index (χ0n) is 86.6. The van der Waals surface area contributed by atoms with Crippen molar-refractivity contribution >= 4 is 47.3 Å². The Balaban J connectivity index is -0.00000108. The molecule has 29 heteroatoms. The molecule has 0 aliphatic carbocycles. The van der Waals surface area contributed by atoms with Crippen molar-refractivity contribution in [3.8, 4) is 12.1 Å². The van der Waals surface area contributed by atoms with Gasteiger partial charge in [0, 0.05) is 44.9 Å². The number of nitrogens with zero attached hydrogens (tertiary/aromatic N) is 5. The highest BCUT2D eigenvalue weighted by atomic mass is 35.5. The monoisotopic (exact) mass is 1950 g/mol. The molecule has 0 saturated heterocycles. The van der Waals surface area contributed by atoms with E-state index in [0.717, 1.165) is 88.3 Å². The molecule has 778 valence electrons. The first-order valence-corrected chi connectivity index (χ1v) is 57.3. The summed E-state index contributed by atoms with van der Waals surface area (Å²) in [6, 6.07) is 3.93. The molecule has 0 aromatic rings. The summed E-state index contributed by atoms with van der Waals surface area (Å²) in [5.41, 5.74) is 0. The van der Waals surface area contributed by atoms with E-state index < -0.39 is 47.6 Å². The van der Waals surface area contributed by atoms with E-state index >= 15 is 0 Å². The van der Waals surface area contributed by atoms with Gasteiger partial charge in [0.05, 0.1) is 162 Å². The lowest BCUT2D eigenvalue weighted by Crippen LogP contribution is -3.00. The Kier molecular flexibility index (Phi) is 98.9. The van der Waals surface area contributed by atoms with Crippen molar-refractivity contribution in [3.05, 3.63) is 0 Å². The van der Waals surface area contributed by atoms with E-state index in [0.29, 0.717) is 53.9 Å². The SMILES string of the molecule is CCCCCCCCCCCCCCCCCC(=O)OCC(COP(=O)(OCCC#N)OCCC[N+](C)(C)C)OC(=O)CCCCCCCCCCCCCCCCC.CCCCCCCCCCCCCCCCCC(=O)OCC(COP(=O)(OCCC#N)OCCC[N+](C)(C)C)OC(=O)CCCCCCCCCCCCCCCCC.C[N+](C)(C)CCCOP(=O)([O-])[O-].[Cl-]. The number of hydrogen-bond acceptors (Lipinski definition) is 22. The second kappa shape index (κ2) is 96.2. The van der Waals surface area contributed by atoms with Gasteiger partial charge < -0.3 is 63.7 Å². The smallest absolute Gasteiger partial charge is 0.474 e. The van der Waals surface area contributed by atoms with Crippen LogP contribution in [0.25, 0.3) is 0 Å². The largest absolute Gasteiger partial charge is 1.00 e. The molecular weight excluding hydrogens is 1740 g/mol. The first-order chi connectivity index (χ1) is 62.3. The number of phosphoric acid groups is 3. The van der Waals surface area contributed by atoms with Crippen LogP contribution in [0.2, 0.25) is 0 Å². The van der Waals surface area contributed by atoms with Crippen LogP contribution >= 0.6 is 23.5 Å². The molecule has 0 fully saturated rings. The fourth-order valence-electron chi connectivity index (χ4n) is 14.9. The van der Waals surface area contributed by atoms with E-state index in [1.54, 1.807) is 0 Å². The van der Waals surface area contributed by atoms with Gasteiger partial charge in [-0.2, -0.15) is 10.5 Å². The highest BCUT2D eigenvalue weighted by molar-refractivity contribution is 7.48. The number of ether oxygens (including phenoxy) is 4. The Morgan fingerprint density at radius 3 is 0.634 bits per heavy atom. The fourth-order valence-corrected chi connectivity index (χ4v) is 17.8. The third-order valence-electron chi connectivity index (χ3n) is 22.8. The lowest BCUT2D eigenvalue weighted by Gasteiger charge is -2.29. The summed E-state index contributed by atoms with van der Waals surface area (Å²) in [5, 5.41) is 18.0. The molecule has 0 rings (SSSR count). The van der Waals surface area contributed by atoms with E-state index in [2.05, 4.69) is 74.5 Å². The van der Waals surface area contributed by atoms with Crippen LogP contribution in [0.3, 0.4) is 0 Å². The fraction of sp³-hybridized carbons (Fsp3) is 0.941. The zero-order valence-corrected chi connectivity index (χ0v) is 90.0. The van der Waals surface area contributed by atoms with Crippen LogP contribution in [-0.4, -0.2) is 192 Å². The Bertz CT molecular complexity index is 2620. The van der Waals surface area contributed by atoms with Crippen LogP contribution in [0, 0.1) is 22.7 Å². The normalized spacial score (nSPS) is 13.1. The van der Waals surface area contributed by atoms with E-state index in [9.17, 15) is 42.7 Å². The summed E-state index contributed by atoms with van der Waals surface area (Å²) >= 11 is 0. The lowest BCUT2D eigenvalue weighted by molar-refractivity contribution is -0.870. The Labute approximate surface area is 810 Å². The maximum absolute atomic E-state index is 13.5. The average Bonchev–Trinajstić information content (AvgIpc) is 0.884. The zero-order chi connectivity index (χ0) is 96.9. The Hall–Kier alpha value is -2.64.